The van der Waals surface area contributed by atoms with E-state index in [1.165, 1.54) is 21.8 Å². The molecule has 0 spiro atoms. The number of halogens is 1. The van der Waals surface area contributed by atoms with Gasteiger partial charge in [0.15, 0.2) is 4.96 Å². The van der Waals surface area contributed by atoms with Crippen LogP contribution in [0, 0.1) is 10.1 Å². The van der Waals surface area contributed by atoms with Crippen molar-refractivity contribution in [1.82, 2.24) is 14.3 Å². The first-order chi connectivity index (χ1) is 13.0. The largest absolute Gasteiger partial charge is 0.363 e. The van der Waals surface area contributed by atoms with Crippen molar-refractivity contribution in [1.29, 1.82) is 0 Å². The molecule has 0 bridgehead atoms. The van der Waals surface area contributed by atoms with Crippen molar-refractivity contribution in [2.45, 2.75) is 6.54 Å². The molecule has 0 radical (unpaired) electrons. The molecule has 1 fully saturated rings. The van der Waals surface area contributed by atoms with Gasteiger partial charge in [0.2, 0.25) is 0 Å². The predicted octanol–water partition coefficient (Wildman–Crippen LogP) is 2.64. The third-order valence-electron chi connectivity index (χ3n) is 4.59. The topological polar surface area (TPSA) is 84.0 Å². The van der Waals surface area contributed by atoms with Crippen molar-refractivity contribution in [2.24, 2.45) is 0 Å². The zero-order chi connectivity index (χ0) is 19.0. The van der Waals surface area contributed by atoms with Crippen molar-refractivity contribution in [3.05, 3.63) is 67.0 Å². The molecule has 0 unspecified atom stereocenters. The Morgan fingerprint density at radius 1 is 1.22 bits per heavy atom. The first-order valence-corrected chi connectivity index (χ1v) is 9.64. The van der Waals surface area contributed by atoms with E-state index >= 15 is 0 Å². The molecule has 1 saturated heterocycles. The van der Waals surface area contributed by atoms with E-state index in [1.54, 1.807) is 24.4 Å². The Kier molecular flexibility index (Phi) is 4.81. The minimum atomic E-state index is -0.402. The normalized spacial score (nSPS) is 15.4. The van der Waals surface area contributed by atoms with Crippen molar-refractivity contribution >= 4 is 39.3 Å². The number of hydrogen-bond donors (Lipinski definition) is 0. The van der Waals surface area contributed by atoms with Gasteiger partial charge in [-0.3, -0.25) is 24.2 Å². The highest BCUT2D eigenvalue weighted by Crippen LogP contribution is 2.31. The van der Waals surface area contributed by atoms with Gasteiger partial charge < -0.3 is 4.90 Å². The second-order valence-corrected chi connectivity index (χ2v) is 7.60. The molecule has 1 aliphatic heterocycles. The minimum Gasteiger partial charge on any atom is -0.363 e. The average Bonchev–Trinajstić information content (AvgIpc) is 3.11. The maximum Gasteiger partial charge on any atom is 0.294 e. The number of thiazole rings is 1. The molecule has 1 aliphatic rings. The number of nitrogens with zero attached hydrogens (tertiary/aromatic N) is 5. The molecule has 3 heterocycles. The molecule has 8 nitrogen and oxygen atoms in total. The van der Waals surface area contributed by atoms with Crippen LogP contribution >= 0.6 is 22.9 Å². The number of hydrogen-bond acceptors (Lipinski definition) is 7. The molecule has 2 aromatic heterocycles. The first-order valence-electron chi connectivity index (χ1n) is 8.38. The van der Waals surface area contributed by atoms with Crippen molar-refractivity contribution in [2.75, 3.05) is 31.1 Å². The van der Waals surface area contributed by atoms with Gasteiger partial charge in [-0.25, -0.2) is 4.98 Å². The van der Waals surface area contributed by atoms with Crippen LogP contribution in [0.25, 0.3) is 4.96 Å². The quantitative estimate of drug-likeness (QED) is 0.490. The SMILES string of the molecule is O=c1cc(CN2CCN(c3ccc(Cl)cc3[N+](=O)[O-])CC2)nc2sccn12. The summed E-state index contributed by atoms with van der Waals surface area (Å²) in [4.78, 5) is 32.4. The summed E-state index contributed by atoms with van der Waals surface area (Å²) in [5, 5.41) is 13.5. The van der Waals surface area contributed by atoms with E-state index in [0.717, 1.165) is 18.8 Å². The zero-order valence-corrected chi connectivity index (χ0v) is 15.8. The highest BCUT2D eigenvalue weighted by molar-refractivity contribution is 7.15. The fourth-order valence-electron chi connectivity index (χ4n) is 3.26. The van der Waals surface area contributed by atoms with Crippen LogP contribution < -0.4 is 10.5 Å². The van der Waals surface area contributed by atoms with E-state index in [-0.39, 0.29) is 11.2 Å². The lowest BCUT2D eigenvalue weighted by Gasteiger charge is -2.35. The molecule has 4 rings (SSSR count). The van der Waals surface area contributed by atoms with Crippen LogP contribution in [0.15, 0.2) is 40.6 Å². The Bertz CT molecular complexity index is 1060. The predicted molar refractivity (Wildman–Crippen MR) is 105 cm³/mol. The summed E-state index contributed by atoms with van der Waals surface area (Å²) in [6.07, 6.45) is 1.72. The number of piperazine rings is 1. The third kappa shape index (κ3) is 3.66. The van der Waals surface area contributed by atoms with Crippen LogP contribution in [-0.4, -0.2) is 45.4 Å². The molecule has 0 aliphatic carbocycles. The Balaban J connectivity index is 1.46. The number of anilines is 1. The van der Waals surface area contributed by atoms with E-state index < -0.39 is 4.92 Å². The molecule has 1 aromatic carbocycles. The Hall–Kier alpha value is -2.49. The fraction of sp³-hybridized carbons (Fsp3) is 0.294. The molecular weight excluding hydrogens is 390 g/mol. The average molecular weight is 406 g/mol. The molecule has 0 saturated carbocycles. The first kappa shape index (κ1) is 17.9. The van der Waals surface area contributed by atoms with Gasteiger partial charge in [0, 0.05) is 61.5 Å². The smallest absolute Gasteiger partial charge is 0.294 e. The Labute approximate surface area is 163 Å². The molecule has 0 amide bonds. The summed E-state index contributed by atoms with van der Waals surface area (Å²) < 4.78 is 1.53. The summed E-state index contributed by atoms with van der Waals surface area (Å²) in [7, 11) is 0. The van der Waals surface area contributed by atoms with Gasteiger partial charge >= 0.3 is 0 Å². The summed E-state index contributed by atoms with van der Waals surface area (Å²) in [5.41, 5.74) is 1.27. The summed E-state index contributed by atoms with van der Waals surface area (Å²) in [6.45, 7) is 3.35. The maximum absolute atomic E-state index is 12.1. The van der Waals surface area contributed by atoms with E-state index in [2.05, 4.69) is 9.88 Å². The third-order valence-corrected chi connectivity index (χ3v) is 5.58. The van der Waals surface area contributed by atoms with Crippen molar-refractivity contribution < 1.29 is 4.92 Å². The van der Waals surface area contributed by atoms with Crippen molar-refractivity contribution in [3.63, 3.8) is 0 Å². The number of fused-ring (bicyclic) bond motifs is 1. The number of benzene rings is 1. The van der Waals surface area contributed by atoms with Gasteiger partial charge in [-0.1, -0.05) is 11.6 Å². The van der Waals surface area contributed by atoms with Crippen LogP contribution in [-0.2, 0) is 6.54 Å². The number of rotatable bonds is 4. The van der Waals surface area contributed by atoms with Crippen LogP contribution in [0.1, 0.15) is 5.69 Å². The van der Waals surface area contributed by atoms with Crippen molar-refractivity contribution in [3.8, 4) is 0 Å². The van der Waals surface area contributed by atoms with E-state index in [0.29, 0.717) is 35.3 Å². The van der Waals surface area contributed by atoms with Gasteiger partial charge in [-0.2, -0.15) is 0 Å². The van der Waals surface area contributed by atoms with Gasteiger partial charge in [0.1, 0.15) is 5.69 Å². The van der Waals surface area contributed by atoms with E-state index in [9.17, 15) is 14.9 Å². The Morgan fingerprint density at radius 3 is 2.74 bits per heavy atom. The second-order valence-electron chi connectivity index (χ2n) is 6.29. The summed E-state index contributed by atoms with van der Waals surface area (Å²) in [5.74, 6) is 0. The van der Waals surface area contributed by atoms with E-state index in [1.807, 2.05) is 10.3 Å². The molecule has 10 heteroatoms. The molecule has 0 N–H and O–H groups in total. The number of nitro groups is 1. The van der Waals surface area contributed by atoms with Gasteiger partial charge in [-0.15, -0.1) is 11.3 Å². The lowest BCUT2D eigenvalue weighted by molar-refractivity contribution is -0.384. The Morgan fingerprint density at radius 2 is 2.00 bits per heavy atom. The van der Waals surface area contributed by atoms with Crippen LogP contribution in [0.5, 0.6) is 0 Å². The summed E-state index contributed by atoms with van der Waals surface area (Å²) >= 11 is 7.33. The maximum atomic E-state index is 12.1. The van der Waals surface area contributed by atoms with Crippen LogP contribution in [0.4, 0.5) is 11.4 Å². The molecular formula is C17H16ClN5O3S. The fourth-order valence-corrected chi connectivity index (χ4v) is 4.16. The van der Waals surface area contributed by atoms with Gasteiger partial charge in [-0.05, 0) is 12.1 Å². The van der Waals surface area contributed by atoms with Gasteiger partial charge in [0.05, 0.1) is 10.6 Å². The number of nitro benzene ring substituents is 1. The molecule has 140 valence electrons. The molecule has 0 atom stereocenters. The number of aromatic nitrogens is 2. The minimum absolute atomic E-state index is 0.0220. The molecule has 3 aromatic rings. The van der Waals surface area contributed by atoms with Crippen LogP contribution in [0.3, 0.4) is 0 Å². The monoisotopic (exact) mass is 405 g/mol. The highest BCUT2D eigenvalue weighted by atomic mass is 35.5. The summed E-state index contributed by atoms with van der Waals surface area (Å²) in [6, 6.07) is 6.32. The van der Waals surface area contributed by atoms with Gasteiger partial charge in [0.25, 0.3) is 11.2 Å². The highest BCUT2D eigenvalue weighted by Gasteiger charge is 2.24. The standard InChI is InChI=1S/C17H16ClN5O3S/c18-12-1-2-14(15(9-12)23(25)26)21-5-3-20(4-6-21)11-13-10-16(24)22-7-8-27-17(22)19-13/h1-2,7-10H,3-6,11H2. The van der Waals surface area contributed by atoms with E-state index in [4.69, 9.17) is 11.6 Å². The lowest BCUT2D eigenvalue weighted by atomic mass is 10.2. The van der Waals surface area contributed by atoms with Crippen LogP contribution in [0.2, 0.25) is 5.02 Å². The second kappa shape index (κ2) is 7.26. The molecule has 27 heavy (non-hydrogen) atoms. The zero-order valence-electron chi connectivity index (χ0n) is 14.2. The lowest BCUT2D eigenvalue weighted by Crippen LogP contribution is -2.46.